The van der Waals surface area contributed by atoms with E-state index in [1.165, 1.54) is 0 Å². The molecule has 1 atom stereocenters. The van der Waals surface area contributed by atoms with E-state index in [1.54, 1.807) is 19.3 Å². The molecule has 136 valence electrons. The van der Waals surface area contributed by atoms with Gasteiger partial charge in [0, 0.05) is 43.9 Å². The Morgan fingerprint density at radius 3 is 2.40 bits per heavy atom. The van der Waals surface area contributed by atoms with Crippen molar-refractivity contribution in [2.75, 3.05) is 18.0 Å². The molecule has 0 bridgehead atoms. The lowest BCUT2D eigenvalue weighted by Gasteiger charge is -2.32. The molecule has 1 aromatic rings. The first-order valence-electron chi connectivity index (χ1n) is 8.87. The SMILES string of the molecule is CC(=O)N[C@H]1CCCN(c2ncc(B3OC(C)(C)C(C)(C)O3)cn2)C1. The van der Waals surface area contributed by atoms with E-state index in [0.29, 0.717) is 5.95 Å². The monoisotopic (exact) mass is 346 g/mol. The third-order valence-corrected chi connectivity index (χ3v) is 5.30. The van der Waals surface area contributed by atoms with Gasteiger partial charge in [-0.05, 0) is 40.5 Å². The highest BCUT2D eigenvalue weighted by atomic mass is 16.7. The topological polar surface area (TPSA) is 76.6 Å². The standard InChI is InChI=1S/C17H27BN4O3/c1-12(23)21-14-7-6-8-22(11-14)15-19-9-13(10-20-15)18-24-16(2,3)17(4,5)25-18/h9-10,14H,6-8,11H2,1-5H3,(H,21,23)/t14-/m0/s1. The summed E-state index contributed by atoms with van der Waals surface area (Å²) in [5.74, 6) is 0.680. The number of nitrogens with zero attached hydrogens (tertiary/aromatic N) is 3. The van der Waals surface area contributed by atoms with E-state index in [9.17, 15) is 4.79 Å². The van der Waals surface area contributed by atoms with Crippen LogP contribution in [0.25, 0.3) is 0 Å². The molecule has 3 rings (SSSR count). The molecule has 2 aliphatic heterocycles. The maximum atomic E-state index is 11.3. The summed E-state index contributed by atoms with van der Waals surface area (Å²) in [5.41, 5.74) is 0.0571. The van der Waals surface area contributed by atoms with E-state index in [4.69, 9.17) is 9.31 Å². The van der Waals surface area contributed by atoms with Crippen LogP contribution in [0.1, 0.15) is 47.5 Å². The van der Waals surface area contributed by atoms with Crippen LogP contribution in [-0.2, 0) is 14.1 Å². The minimum absolute atomic E-state index is 0.00359. The van der Waals surface area contributed by atoms with Crippen LogP contribution in [0.3, 0.4) is 0 Å². The van der Waals surface area contributed by atoms with E-state index in [-0.39, 0.29) is 23.2 Å². The third kappa shape index (κ3) is 3.79. The van der Waals surface area contributed by atoms with Crippen molar-refractivity contribution in [3.8, 4) is 0 Å². The van der Waals surface area contributed by atoms with E-state index in [0.717, 1.165) is 31.4 Å². The highest BCUT2D eigenvalue weighted by Crippen LogP contribution is 2.36. The Morgan fingerprint density at radius 1 is 1.24 bits per heavy atom. The number of hydrogen-bond donors (Lipinski definition) is 1. The van der Waals surface area contributed by atoms with Crippen LogP contribution in [0.15, 0.2) is 12.4 Å². The summed E-state index contributed by atoms with van der Waals surface area (Å²) in [5, 5.41) is 2.98. The van der Waals surface area contributed by atoms with Crippen LogP contribution >= 0.6 is 0 Å². The van der Waals surface area contributed by atoms with Gasteiger partial charge >= 0.3 is 7.12 Å². The Morgan fingerprint density at radius 2 is 1.84 bits per heavy atom. The predicted octanol–water partition coefficient (Wildman–Crippen LogP) is 0.881. The Hall–Kier alpha value is -1.67. The average Bonchev–Trinajstić information content (AvgIpc) is 2.75. The molecule has 2 fully saturated rings. The summed E-state index contributed by atoms with van der Waals surface area (Å²) in [6.07, 6.45) is 5.54. The minimum Gasteiger partial charge on any atom is -0.399 e. The maximum absolute atomic E-state index is 11.3. The molecule has 1 N–H and O–H groups in total. The van der Waals surface area contributed by atoms with Crippen molar-refractivity contribution in [2.45, 2.75) is 64.7 Å². The first kappa shape index (κ1) is 18.1. The highest BCUT2D eigenvalue weighted by molar-refractivity contribution is 6.61. The van der Waals surface area contributed by atoms with Gasteiger partial charge in [-0.15, -0.1) is 0 Å². The first-order chi connectivity index (χ1) is 11.7. The highest BCUT2D eigenvalue weighted by Gasteiger charge is 2.52. The Balaban J connectivity index is 1.68. The number of piperidine rings is 1. The number of aromatic nitrogens is 2. The second-order valence-electron chi connectivity index (χ2n) is 7.89. The molecule has 0 unspecified atom stereocenters. The van der Waals surface area contributed by atoms with Crippen LogP contribution < -0.4 is 15.7 Å². The summed E-state index contributed by atoms with van der Waals surface area (Å²) in [6, 6.07) is 0.151. The number of amides is 1. The molecule has 0 aliphatic carbocycles. The molecule has 3 heterocycles. The second kappa shape index (κ2) is 6.57. The number of carbonyl (C=O) groups is 1. The lowest BCUT2D eigenvalue weighted by Crippen LogP contribution is -2.48. The fourth-order valence-corrected chi connectivity index (χ4v) is 3.16. The summed E-state index contributed by atoms with van der Waals surface area (Å²) >= 11 is 0. The van der Waals surface area contributed by atoms with Crippen LogP contribution in [0, 0.1) is 0 Å². The van der Waals surface area contributed by atoms with Crippen molar-refractivity contribution < 1.29 is 14.1 Å². The molecule has 0 spiro atoms. The Kier molecular flexibility index (Phi) is 4.77. The average molecular weight is 346 g/mol. The van der Waals surface area contributed by atoms with E-state index in [2.05, 4.69) is 20.2 Å². The van der Waals surface area contributed by atoms with Gasteiger partial charge in [0.15, 0.2) is 0 Å². The molecule has 0 saturated carbocycles. The molecular weight excluding hydrogens is 319 g/mol. The van der Waals surface area contributed by atoms with Crippen molar-refractivity contribution >= 4 is 24.4 Å². The lowest BCUT2D eigenvalue weighted by atomic mass is 9.81. The van der Waals surface area contributed by atoms with E-state index in [1.807, 2.05) is 27.7 Å². The van der Waals surface area contributed by atoms with Crippen molar-refractivity contribution in [3.05, 3.63) is 12.4 Å². The normalized spacial score (nSPS) is 25.1. The zero-order valence-electron chi connectivity index (χ0n) is 15.7. The zero-order chi connectivity index (χ0) is 18.2. The second-order valence-corrected chi connectivity index (χ2v) is 7.89. The fraction of sp³-hybridized carbons (Fsp3) is 0.706. The zero-order valence-corrected chi connectivity index (χ0v) is 15.7. The summed E-state index contributed by atoms with van der Waals surface area (Å²) in [7, 11) is -0.451. The maximum Gasteiger partial charge on any atom is 0.498 e. The van der Waals surface area contributed by atoms with Gasteiger partial charge < -0.3 is 19.5 Å². The third-order valence-electron chi connectivity index (χ3n) is 5.30. The van der Waals surface area contributed by atoms with Gasteiger partial charge in [0.2, 0.25) is 11.9 Å². The van der Waals surface area contributed by atoms with E-state index >= 15 is 0 Å². The number of hydrogen-bond acceptors (Lipinski definition) is 6. The molecule has 0 aromatic carbocycles. The quantitative estimate of drug-likeness (QED) is 0.819. The molecule has 2 saturated heterocycles. The lowest BCUT2D eigenvalue weighted by molar-refractivity contribution is -0.119. The van der Waals surface area contributed by atoms with Crippen molar-refractivity contribution in [2.24, 2.45) is 0 Å². The first-order valence-corrected chi connectivity index (χ1v) is 8.87. The molecule has 1 aromatic heterocycles. The van der Waals surface area contributed by atoms with Crippen molar-refractivity contribution in [3.63, 3.8) is 0 Å². The smallest absolute Gasteiger partial charge is 0.399 e. The molecule has 25 heavy (non-hydrogen) atoms. The van der Waals surface area contributed by atoms with Gasteiger partial charge in [-0.1, -0.05) is 0 Å². The molecule has 1 amide bonds. The Labute approximate surface area is 149 Å². The molecule has 0 radical (unpaired) electrons. The van der Waals surface area contributed by atoms with Gasteiger partial charge in [0.25, 0.3) is 0 Å². The number of rotatable bonds is 3. The molecular formula is C17H27BN4O3. The predicted molar refractivity (Wildman–Crippen MR) is 96.8 cm³/mol. The van der Waals surface area contributed by atoms with Gasteiger partial charge in [-0.25, -0.2) is 9.97 Å². The van der Waals surface area contributed by atoms with Gasteiger partial charge in [-0.2, -0.15) is 0 Å². The Bertz CT molecular complexity index is 619. The van der Waals surface area contributed by atoms with Gasteiger partial charge in [-0.3, -0.25) is 4.79 Å². The fourth-order valence-electron chi connectivity index (χ4n) is 3.16. The molecule has 8 heteroatoms. The van der Waals surface area contributed by atoms with Crippen LogP contribution in [0.2, 0.25) is 0 Å². The summed E-state index contributed by atoms with van der Waals surface area (Å²) in [6.45, 7) is 11.3. The number of carbonyl (C=O) groups excluding carboxylic acids is 1. The van der Waals surface area contributed by atoms with Gasteiger partial charge in [0.1, 0.15) is 0 Å². The summed E-state index contributed by atoms with van der Waals surface area (Å²) < 4.78 is 12.1. The molecule has 7 nitrogen and oxygen atoms in total. The largest absolute Gasteiger partial charge is 0.498 e. The van der Waals surface area contributed by atoms with Crippen LogP contribution in [-0.4, -0.2) is 53.3 Å². The van der Waals surface area contributed by atoms with E-state index < -0.39 is 7.12 Å². The van der Waals surface area contributed by atoms with Gasteiger partial charge in [0.05, 0.1) is 11.2 Å². The summed E-state index contributed by atoms with van der Waals surface area (Å²) in [4.78, 5) is 22.4. The van der Waals surface area contributed by atoms with Crippen molar-refractivity contribution in [1.29, 1.82) is 0 Å². The van der Waals surface area contributed by atoms with Crippen LogP contribution in [0.5, 0.6) is 0 Å². The van der Waals surface area contributed by atoms with Crippen molar-refractivity contribution in [1.82, 2.24) is 15.3 Å². The van der Waals surface area contributed by atoms with Crippen LogP contribution in [0.4, 0.5) is 5.95 Å². The number of nitrogens with one attached hydrogen (secondary N) is 1. The number of anilines is 1. The molecule has 2 aliphatic rings. The minimum atomic E-state index is -0.451.